The van der Waals surface area contributed by atoms with Crippen molar-refractivity contribution in [2.45, 2.75) is 39.3 Å². The summed E-state index contributed by atoms with van der Waals surface area (Å²) in [6.45, 7) is 9.92. The number of nitrogens with zero attached hydrogens (tertiary/aromatic N) is 2. The van der Waals surface area contributed by atoms with Gasteiger partial charge >= 0.3 is 0 Å². The third kappa shape index (κ3) is 3.18. The van der Waals surface area contributed by atoms with Gasteiger partial charge in [-0.05, 0) is 20.3 Å². The van der Waals surface area contributed by atoms with Crippen LogP contribution < -0.4 is 5.73 Å². The van der Waals surface area contributed by atoms with E-state index in [4.69, 9.17) is 5.73 Å². The van der Waals surface area contributed by atoms with Crippen molar-refractivity contribution in [2.24, 2.45) is 5.73 Å². The number of hydrogen-bond acceptors (Lipinski definition) is 3. The fraction of sp³-hybridized carbons (Fsp3) is 0.909. The van der Waals surface area contributed by atoms with Gasteiger partial charge in [-0.15, -0.1) is 0 Å². The van der Waals surface area contributed by atoms with Crippen LogP contribution in [0.4, 0.5) is 0 Å². The van der Waals surface area contributed by atoms with E-state index >= 15 is 0 Å². The molecular weight excluding hydrogens is 190 g/mol. The lowest BCUT2D eigenvalue weighted by molar-refractivity contribution is -0.134. The maximum absolute atomic E-state index is 11.8. The van der Waals surface area contributed by atoms with Crippen LogP contribution in [0.15, 0.2) is 0 Å². The molecule has 1 aliphatic rings. The van der Waals surface area contributed by atoms with Crippen molar-refractivity contribution >= 4 is 5.91 Å². The SMILES string of the molecule is CC[C@@H](N)C(=O)N1CCN(C(C)C)CC1. The Bertz CT molecular complexity index is 210. The Morgan fingerprint density at radius 3 is 2.20 bits per heavy atom. The number of hydrogen-bond donors (Lipinski definition) is 1. The van der Waals surface area contributed by atoms with E-state index in [1.54, 1.807) is 0 Å². The minimum absolute atomic E-state index is 0.112. The van der Waals surface area contributed by atoms with E-state index in [2.05, 4.69) is 18.7 Å². The van der Waals surface area contributed by atoms with Gasteiger partial charge in [0, 0.05) is 32.2 Å². The molecule has 0 saturated carbocycles. The Morgan fingerprint density at radius 1 is 1.27 bits per heavy atom. The molecule has 4 nitrogen and oxygen atoms in total. The van der Waals surface area contributed by atoms with E-state index in [0.717, 1.165) is 32.6 Å². The zero-order valence-corrected chi connectivity index (χ0v) is 10.1. The number of amides is 1. The first kappa shape index (κ1) is 12.5. The lowest BCUT2D eigenvalue weighted by atomic mass is 10.2. The molecule has 15 heavy (non-hydrogen) atoms. The number of carbonyl (C=O) groups is 1. The zero-order chi connectivity index (χ0) is 11.4. The lowest BCUT2D eigenvalue weighted by Gasteiger charge is -2.37. The molecule has 4 heteroatoms. The van der Waals surface area contributed by atoms with Crippen molar-refractivity contribution in [3.05, 3.63) is 0 Å². The summed E-state index contributed by atoms with van der Waals surface area (Å²) in [5.74, 6) is 0.112. The summed E-state index contributed by atoms with van der Waals surface area (Å²) < 4.78 is 0. The van der Waals surface area contributed by atoms with Gasteiger partial charge in [0.25, 0.3) is 0 Å². The minimum Gasteiger partial charge on any atom is -0.339 e. The first-order valence-electron chi connectivity index (χ1n) is 5.84. The number of carbonyl (C=O) groups excluding carboxylic acids is 1. The minimum atomic E-state index is -0.310. The van der Waals surface area contributed by atoms with Gasteiger partial charge in [-0.25, -0.2) is 0 Å². The Morgan fingerprint density at radius 2 is 1.80 bits per heavy atom. The fourth-order valence-electron chi connectivity index (χ4n) is 1.87. The van der Waals surface area contributed by atoms with Crippen LogP contribution in [0.25, 0.3) is 0 Å². The highest BCUT2D eigenvalue weighted by atomic mass is 16.2. The van der Waals surface area contributed by atoms with Crippen LogP contribution in [0, 0.1) is 0 Å². The van der Waals surface area contributed by atoms with Crippen LogP contribution in [-0.4, -0.2) is 54.0 Å². The van der Waals surface area contributed by atoms with Gasteiger partial charge in [0.15, 0.2) is 0 Å². The molecule has 1 heterocycles. The molecule has 1 saturated heterocycles. The fourth-order valence-corrected chi connectivity index (χ4v) is 1.87. The summed E-state index contributed by atoms with van der Waals surface area (Å²) in [7, 11) is 0. The summed E-state index contributed by atoms with van der Waals surface area (Å²) in [5, 5.41) is 0. The van der Waals surface area contributed by atoms with Crippen LogP contribution in [0.2, 0.25) is 0 Å². The van der Waals surface area contributed by atoms with Crippen molar-refractivity contribution in [1.29, 1.82) is 0 Å². The van der Waals surface area contributed by atoms with Crippen molar-refractivity contribution in [3.63, 3.8) is 0 Å². The van der Waals surface area contributed by atoms with Crippen molar-refractivity contribution in [3.8, 4) is 0 Å². The van der Waals surface area contributed by atoms with E-state index < -0.39 is 0 Å². The highest BCUT2D eigenvalue weighted by Gasteiger charge is 2.24. The first-order chi connectivity index (χ1) is 7.06. The van der Waals surface area contributed by atoms with Gasteiger partial charge in [0.05, 0.1) is 6.04 Å². The molecule has 0 aliphatic carbocycles. The van der Waals surface area contributed by atoms with E-state index in [9.17, 15) is 4.79 Å². The van der Waals surface area contributed by atoms with Gasteiger partial charge in [-0.3, -0.25) is 9.69 Å². The molecule has 1 atom stereocenters. The topological polar surface area (TPSA) is 49.6 Å². The summed E-state index contributed by atoms with van der Waals surface area (Å²) in [5.41, 5.74) is 5.74. The molecule has 0 spiro atoms. The first-order valence-corrected chi connectivity index (χ1v) is 5.84. The molecule has 1 aliphatic heterocycles. The summed E-state index contributed by atoms with van der Waals surface area (Å²) in [4.78, 5) is 16.1. The predicted octanol–water partition coefficient (Wildman–Crippen LogP) is 0.276. The number of piperazine rings is 1. The van der Waals surface area contributed by atoms with E-state index in [1.807, 2.05) is 11.8 Å². The molecule has 0 radical (unpaired) electrons. The van der Waals surface area contributed by atoms with Gasteiger partial charge in [-0.2, -0.15) is 0 Å². The highest BCUT2D eigenvalue weighted by Crippen LogP contribution is 2.07. The Kier molecular flexibility index (Phi) is 4.54. The van der Waals surface area contributed by atoms with Crippen LogP contribution in [0.3, 0.4) is 0 Å². The summed E-state index contributed by atoms with van der Waals surface area (Å²) in [6.07, 6.45) is 0.725. The summed E-state index contributed by atoms with van der Waals surface area (Å²) in [6, 6.07) is 0.262. The largest absolute Gasteiger partial charge is 0.339 e. The molecule has 1 amide bonds. The molecule has 0 unspecified atom stereocenters. The molecule has 0 aromatic carbocycles. The predicted molar refractivity (Wildman–Crippen MR) is 61.6 cm³/mol. The van der Waals surface area contributed by atoms with E-state index in [0.29, 0.717) is 6.04 Å². The van der Waals surface area contributed by atoms with Crippen LogP contribution in [-0.2, 0) is 4.79 Å². The molecule has 1 fully saturated rings. The third-order valence-electron chi connectivity index (χ3n) is 3.11. The maximum atomic E-state index is 11.8. The molecule has 0 bridgehead atoms. The molecule has 1 rings (SSSR count). The van der Waals surface area contributed by atoms with E-state index in [1.165, 1.54) is 0 Å². The van der Waals surface area contributed by atoms with Crippen molar-refractivity contribution < 1.29 is 4.79 Å². The van der Waals surface area contributed by atoms with Gasteiger partial charge < -0.3 is 10.6 Å². The monoisotopic (exact) mass is 213 g/mol. The van der Waals surface area contributed by atoms with Gasteiger partial charge in [0.2, 0.25) is 5.91 Å². The Hall–Kier alpha value is -0.610. The summed E-state index contributed by atoms with van der Waals surface area (Å²) >= 11 is 0. The average molecular weight is 213 g/mol. The Labute approximate surface area is 92.4 Å². The molecule has 88 valence electrons. The number of nitrogens with two attached hydrogens (primary N) is 1. The molecule has 0 aromatic heterocycles. The van der Waals surface area contributed by atoms with Crippen LogP contribution in [0.1, 0.15) is 27.2 Å². The quantitative estimate of drug-likeness (QED) is 0.732. The average Bonchev–Trinajstić information content (AvgIpc) is 2.27. The molecular formula is C11H23N3O. The van der Waals surface area contributed by atoms with Gasteiger partial charge in [0.1, 0.15) is 0 Å². The smallest absolute Gasteiger partial charge is 0.239 e. The van der Waals surface area contributed by atoms with Crippen LogP contribution >= 0.6 is 0 Å². The molecule has 0 aromatic rings. The second-order valence-corrected chi connectivity index (χ2v) is 4.47. The zero-order valence-electron chi connectivity index (χ0n) is 10.1. The van der Waals surface area contributed by atoms with Crippen molar-refractivity contribution in [1.82, 2.24) is 9.80 Å². The standard InChI is InChI=1S/C11H23N3O/c1-4-10(12)11(15)14-7-5-13(6-8-14)9(2)3/h9-10H,4-8,12H2,1-3H3/t10-/m1/s1. The number of rotatable bonds is 3. The Balaban J connectivity index is 2.40. The molecule has 2 N–H and O–H groups in total. The van der Waals surface area contributed by atoms with Crippen molar-refractivity contribution in [2.75, 3.05) is 26.2 Å². The maximum Gasteiger partial charge on any atom is 0.239 e. The van der Waals surface area contributed by atoms with Crippen LogP contribution in [0.5, 0.6) is 0 Å². The lowest BCUT2D eigenvalue weighted by Crippen LogP contribution is -2.54. The normalized spacial score (nSPS) is 20.7. The third-order valence-corrected chi connectivity index (χ3v) is 3.11. The van der Waals surface area contributed by atoms with E-state index in [-0.39, 0.29) is 11.9 Å². The second-order valence-electron chi connectivity index (χ2n) is 4.47. The second kappa shape index (κ2) is 5.47. The van der Waals surface area contributed by atoms with Gasteiger partial charge in [-0.1, -0.05) is 6.92 Å². The highest BCUT2D eigenvalue weighted by molar-refractivity contribution is 5.81.